The Bertz CT molecular complexity index is 516. The van der Waals surface area contributed by atoms with E-state index < -0.39 is 26.9 Å². The second kappa shape index (κ2) is 5.56. The molecule has 1 rings (SSSR count). The van der Waals surface area contributed by atoms with Crippen molar-refractivity contribution < 1.29 is 12.6 Å². The van der Waals surface area contributed by atoms with Gasteiger partial charge < -0.3 is 5.73 Å². The average molecular weight is 277 g/mol. The highest BCUT2D eigenvalue weighted by atomic mass is 32.2. The van der Waals surface area contributed by atoms with Crippen molar-refractivity contribution in [2.24, 2.45) is 0 Å². The molecule has 0 aliphatic rings. The van der Waals surface area contributed by atoms with Gasteiger partial charge in [0.2, 0.25) is 10.0 Å². The second-order valence-corrected chi connectivity index (χ2v) is 6.84. The van der Waals surface area contributed by atoms with Crippen LogP contribution in [-0.2, 0) is 20.8 Å². The number of nitrogens with one attached hydrogen (secondary N) is 1. The van der Waals surface area contributed by atoms with Crippen LogP contribution >= 0.6 is 0 Å². The van der Waals surface area contributed by atoms with E-state index in [0.29, 0.717) is 0 Å². The second-order valence-electron chi connectivity index (χ2n) is 3.68. The minimum absolute atomic E-state index is 0.0614. The lowest BCUT2D eigenvalue weighted by Crippen LogP contribution is -2.36. The van der Waals surface area contributed by atoms with Crippen molar-refractivity contribution in [3.05, 3.63) is 18.5 Å². The van der Waals surface area contributed by atoms with Crippen molar-refractivity contribution in [3.8, 4) is 0 Å². The fourth-order valence-corrected chi connectivity index (χ4v) is 3.54. The molecule has 6 nitrogen and oxygen atoms in total. The highest BCUT2D eigenvalue weighted by Crippen LogP contribution is 2.15. The van der Waals surface area contributed by atoms with Crippen LogP contribution in [0.4, 0.5) is 5.69 Å². The number of nitrogens with zero attached hydrogens (tertiary/aromatic N) is 1. The Hall–Kier alpha value is -0.990. The molecule has 0 fully saturated rings. The molecule has 0 saturated carbocycles. The zero-order valence-electron chi connectivity index (χ0n) is 9.58. The van der Waals surface area contributed by atoms with Gasteiger partial charge in [0.25, 0.3) is 0 Å². The van der Waals surface area contributed by atoms with E-state index in [1.54, 1.807) is 6.92 Å². The van der Waals surface area contributed by atoms with E-state index in [9.17, 15) is 12.6 Å². The van der Waals surface area contributed by atoms with Crippen LogP contribution in [0.2, 0.25) is 0 Å². The van der Waals surface area contributed by atoms with E-state index in [-0.39, 0.29) is 16.3 Å². The number of nitrogen functional groups attached to an aromatic ring is 1. The first kappa shape index (κ1) is 14.1. The predicted octanol–water partition coefficient (Wildman–Crippen LogP) is -0.291. The molecular formula is C9H15N3O3S2. The molecule has 0 aliphatic heterocycles. The summed E-state index contributed by atoms with van der Waals surface area (Å²) in [7, 11) is -4.77. The largest absolute Gasteiger partial charge is 0.398 e. The lowest BCUT2D eigenvalue weighted by atomic mass is 10.4. The molecule has 8 heteroatoms. The summed E-state index contributed by atoms with van der Waals surface area (Å²) in [5.41, 5.74) is 5.70. The fourth-order valence-electron chi connectivity index (χ4n) is 1.33. The third-order valence-electron chi connectivity index (χ3n) is 1.95. The first-order valence-corrected chi connectivity index (χ1v) is 8.06. The average Bonchev–Trinajstić information content (AvgIpc) is 2.15. The van der Waals surface area contributed by atoms with Crippen LogP contribution in [0.15, 0.2) is 23.4 Å². The maximum Gasteiger partial charge on any atom is 0.244 e. The Balaban J connectivity index is 2.90. The minimum Gasteiger partial charge on any atom is -0.398 e. The Labute approximate surface area is 103 Å². The minimum atomic E-state index is -3.71. The van der Waals surface area contributed by atoms with Crippen molar-refractivity contribution in [2.45, 2.75) is 17.9 Å². The summed E-state index contributed by atoms with van der Waals surface area (Å²) in [6.07, 6.45) is 4.12. The number of pyridine rings is 1. The molecule has 0 bridgehead atoms. The van der Waals surface area contributed by atoms with Gasteiger partial charge in [-0.05, 0) is 13.0 Å². The number of anilines is 1. The van der Waals surface area contributed by atoms with Crippen molar-refractivity contribution >= 4 is 26.5 Å². The quantitative estimate of drug-likeness (QED) is 0.770. The normalized spacial score (nSPS) is 15.4. The molecule has 96 valence electrons. The summed E-state index contributed by atoms with van der Waals surface area (Å²) in [4.78, 5) is 3.66. The molecule has 0 radical (unpaired) electrons. The smallest absolute Gasteiger partial charge is 0.244 e. The number of nitrogens with two attached hydrogens (primary N) is 1. The van der Waals surface area contributed by atoms with E-state index in [0.717, 1.165) is 0 Å². The van der Waals surface area contributed by atoms with Gasteiger partial charge in [-0.25, -0.2) is 13.1 Å². The zero-order valence-corrected chi connectivity index (χ0v) is 11.2. The zero-order chi connectivity index (χ0) is 13.1. The highest BCUT2D eigenvalue weighted by Gasteiger charge is 2.20. The van der Waals surface area contributed by atoms with Gasteiger partial charge >= 0.3 is 0 Å². The maximum absolute atomic E-state index is 11.9. The summed E-state index contributed by atoms with van der Waals surface area (Å²) >= 11 is 0. The van der Waals surface area contributed by atoms with Crippen LogP contribution in [0.3, 0.4) is 0 Å². The summed E-state index contributed by atoms with van der Waals surface area (Å²) < 4.78 is 37.2. The molecule has 2 unspecified atom stereocenters. The number of rotatable bonds is 5. The van der Waals surface area contributed by atoms with Crippen LogP contribution in [0.1, 0.15) is 6.92 Å². The van der Waals surface area contributed by atoms with Crippen LogP contribution in [0, 0.1) is 0 Å². The molecule has 0 amide bonds. The van der Waals surface area contributed by atoms with Crippen LogP contribution < -0.4 is 10.5 Å². The van der Waals surface area contributed by atoms with Gasteiger partial charge in [-0.1, -0.05) is 0 Å². The fraction of sp³-hybridized carbons (Fsp3) is 0.444. The molecule has 1 aromatic heterocycles. The van der Waals surface area contributed by atoms with E-state index in [1.165, 1.54) is 24.7 Å². The van der Waals surface area contributed by atoms with E-state index in [1.807, 2.05) is 0 Å². The molecule has 17 heavy (non-hydrogen) atoms. The Morgan fingerprint density at radius 2 is 2.24 bits per heavy atom. The Kier molecular flexibility index (Phi) is 4.61. The third-order valence-corrected chi connectivity index (χ3v) is 4.55. The van der Waals surface area contributed by atoms with Gasteiger partial charge in [-0.15, -0.1) is 0 Å². The van der Waals surface area contributed by atoms with Gasteiger partial charge in [-0.3, -0.25) is 9.19 Å². The van der Waals surface area contributed by atoms with Crippen molar-refractivity contribution in [1.29, 1.82) is 0 Å². The van der Waals surface area contributed by atoms with Gasteiger partial charge in [0, 0.05) is 41.2 Å². The molecule has 1 aromatic rings. The van der Waals surface area contributed by atoms with E-state index in [4.69, 9.17) is 5.73 Å². The van der Waals surface area contributed by atoms with Crippen molar-refractivity contribution in [1.82, 2.24) is 9.71 Å². The first-order chi connectivity index (χ1) is 7.83. The van der Waals surface area contributed by atoms with Gasteiger partial charge in [0.05, 0.1) is 5.69 Å². The summed E-state index contributed by atoms with van der Waals surface area (Å²) in [6, 6.07) is 0.988. The number of hydrogen-bond donors (Lipinski definition) is 2. The third kappa shape index (κ3) is 4.06. The molecule has 0 aromatic carbocycles. The van der Waals surface area contributed by atoms with Crippen LogP contribution in [0.25, 0.3) is 0 Å². The molecule has 0 saturated heterocycles. The number of sulfonamides is 1. The molecule has 3 N–H and O–H groups in total. The number of hydrogen-bond acceptors (Lipinski definition) is 5. The molecule has 2 atom stereocenters. The van der Waals surface area contributed by atoms with Crippen LogP contribution in [-0.4, -0.2) is 35.7 Å². The maximum atomic E-state index is 11.9. The van der Waals surface area contributed by atoms with Gasteiger partial charge in [0.1, 0.15) is 4.90 Å². The lowest BCUT2D eigenvalue weighted by molar-refractivity contribution is 0.570. The van der Waals surface area contributed by atoms with E-state index >= 15 is 0 Å². The topological polar surface area (TPSA) is 102 Å². The monoisotopic (exact) mass is 277 g/mol. The summed E-state index contributed by atoms with van der Waals surface area (Å²) in [5, 5.41) is 0. The molecule has 0 spiro atoms. The number of aromatic nitrogens is 1. The lowest BCUT2D eigenvalue weighted by Gasteiger charge is -2.13. The summed E-state index contributed by atoms with van der Waals surface area (Å²) in [5.74, 6) is 0.249. The Morgan fingerprint density at radius 1 is 1.59 bits per heavy atom. The van der Waals surface area contributed by atoms with E-state index in [2.05, 4.69) is 9.71 Å². The highest BCUT2D eigenvalue weighted by molar-refractivity contribution is 7.89. The molecule has 0 aliphatic carbocycles. The Morgan fingerprint density at radius 3 is 2.76 bits per heavy atom. The van der Waals surface area contributed by atoms with Crippen molar-refractivity contribution in [3.63, 3.8) is 0 Å². The standard InChI is InChI=1S/C9H15N3O3S2/c1-7(6-16(2)13)12-17(14,15)9-5-11-4-3-8(9)10/h3-5,7,12H,6H2,1-2H3,(H2,10,11). The van der Waals surface area contributed by atoms with Crippen molar-refractivity contribution in [2.75, 3.05) is 17.7 Å². The summed E-state index contributed by atoms with van der Waals surface area (Å²) in [6.45, 7) is 1.64. The molecule has 1 heterocycles. The van der Waals surface area contributed by atoms with Gasteiger partial charge in [-0.2, -0.15) is 0 Å². The van der Waals surface area contributed by atoms with Gasteiger partial charge in [0.15, 0.2) is 0 Å². The predicted molar refractivity (Wildman–Crippen MR) is 67.4 cm³/mol. The van der Waals surface area contributed by atoms with Crippen LogP contribution in [0.5, 0.6) is 0 Å². The molecular weight excluding hydrogens is 262 g/mol. The SMILES string of the molecule is CC(CS(C)=O)NS(=O)(=O)c1cnccc1N. The first-order valence-electron chi connectivity index (χ1n) is 4.85.